The molecule has 0 aliphatic rings. The van der Waals surface area contributed by atoms with E-state index in [1.54, 1.807) is 0 Å². The molecule has 0 radical (unpaired) electrons. The van der Waals surface area contributed by atoms with Crippen molar-refractivity contribution < 1.29 is 14.8 Å². The van der Waals surface area contributed by atoms with E-state index >= 15 is 0 Å². The van der Waals surface area contributed by atoms with Gasteiger partial charge in [-0.15, -0.1) is 0 Å². The van der Waals surface area contributed by atoms with Gasteiger partial charge in [0.2, 0.25) is 0 Å². The van der Waals surface area contributed by atoms with Crippen molar-refractivity contribution in [3.8, 4) is 0 Å². The van der Waals surface area contributed by atoms with Crippen molar-refractivity contribution >= 4 is 7.37 Å². The Morgan fingerprint density at radius 3 is 1.85 bits per heavy atom. The fraction of sp³-hybridized carbons (Fsp3) is 0.182. The molecule has 0 saturated heterocycles. The molecule has 0 heterocycles. The topological polar surface area (TPSA) is 53.9 Å². The lowest BCUT2D eigenvalue weighted by atomic mass is 10.2. The van der Waals surface area contributed by atoms with Gasteiger partial charge in [0, 0.05) is 17.3 Å². The first-order valence-corrected chi connectivity index (χ1v) is 10.8. The largest absolute Gasteiger partial charge is 0.340 e. The molecule has 0 aliphatic heterocycles. The van der Waals surface area contributed by atoms with E-state index in [-0.39, 0.29) is 6.16 Å². The average molecular weight is 366 g/mol. The maximum atomic E-state index is 13.2. The van der Waals surface area contributed by atoms with Crippen LogP contribution in [0.25, 0.3) is 0 Å². The van der Waals surface area contributed by atoms with Crippen LogP contribution in [0, 0.1) is 0 Å². The third-order valence-electron chi connectivity index (χ3n) is 4.56. The summed E-state index contributed by atoms with van der Waals surface area (Å²) in [5.74, 6) is -0.451. The van der Waals surface area contributed by atoms with Crippen LogP contribution >= 0.6 is 7.37 Å². The molecule has 0 spiro atoms. The second-order valence-electron chi connectivity index (χ2n) is 6.50. The fourth-order valence-corrected chi connectivity index (χ4v) is 5.05. The summed E-state index contributed by atoms with van der Waals surface area (Å²) in [7, 11) is -3.38. The highest BCUT2D eigenvalue weighted by atomic mass is 31.2. The van der Waals surface area contributed by atoms with Crippen molar-refractivity contribution in [2.75, 3.05) is 6.16 Å². The van der Waals surface area contributed by atoms with Crippen LogP contribution < -0.4 is 5.32 Å². The molecule has 26 heavy (non-hydrogen) atoms. The summed E-state index contributed by atoms with van der Waals surface area (Å²) in [4.78, 5) is 10.9. The van der Waals surface area contributed by atoms with Crippen molar-refractivity contribution in [1.29, 1.82) is 0 Å². The van der Waals surface area contributed by atoms with Gasteiger partial charge in [0.25, 0.3) is 7.37 Å². The first kappa shape index (κ1) is 18.6. The minimum absolute atomic E-state index is 0.280. The average Bonchev–Trinajstić information content (AvgIpc) is 2.69. The summed E-state index contributed by atoms with van der Waals surface area (Å²) >= 11 is 0. The zero-order chi connectivity index (χ0) is 18.2. The molecule has 0 saturated carbocycles. The van der Waals surface area contributed by atoms with Crippen molar-refractivity contribution in [3.63, 3.8) is 0 Å². The lowest BCUT2D eigenvalue weighted by Crippen LogP contribution is -2.83. The Morgan fingerprint density at radius 2 is 1.27 bits per heavy atom. The molecule has 134 valence electrons. The molecule has 3 aromatic rings. The molecule has 0 aromatic heterocycles. The summed E-state index contributed by atoms with van der Waals surface area (Å²) in [6, 6.07) is 29.6. The van der Waals surface area contributed by atoms with Gasteiger partial charge in [-0.3, -0.25) is 4.57 Å². The standard InChI is InChI=1S/C22H24NO2P/c24-26(25,17-16-19-10-4-1-5-11-19)22(21-14-8-3-9-15-21)23-18-20-12-6-2-7-13-20/h1-15,22-23H,16-18H2,(H,24,25)/p+1/t22-/m0/s1. The smallest absolute Gasteiger partial charge is 0.261 e. The molecule has 3 N–H and O–H groups in total. The third kappa shape index (κ3) is 5.15. The van der Waals surface area contributed by atoms with E-state index in [0.717, 1.165) is 16.7 Å². The Kier molecular flexibility index (Phi) is 6.40. The lowest BCUT2D eigenvalue weighted by Gasteiger charge is -2.22. The maximum absolute atomic E-state index is 13.2. The van der Waals surface area contributed by atoms with Gasteiger partial charge in [-0.05, 0) is 12.0 Å². The predicted molar refractivity (Wildman–Crippen MR) is 106 cm³/mol. The van der Waals surface area contributed by atoms with Crippen molar-refractivity contribution in [3.05, 3.63) is 108 Å². The minimum atomic E-state index is -3.38. The first-order valence-electron chi connectivity index (χ1n) is 8.93. The van der Waals surface area contributed by atoms with Gasteiger partial charge in [0.1, 0.15) is 6.54 Å². The van der Waals surface area contributed by atoms with Gasteiger partial charge in [0.15, 0.2) is 5.78 Å². The summed E-state index contributed by atoms with van der Waals surface area (Å²) in [5, 5.41) is 2.00. The van der Waals surface area contributed by atoms with Gasteiger partial charge >= 0.3 is 0 Å². The molecule has 3 rings (SSSR count). The van der Waals surface area contributed by atoms with Gasteiger partial charge in [-0.2, -0.15) is 0 Å². The van der Waals surface area contributed by atoms with Gasteiger partial charge in [0.05, 0.1) is 0 Å². The molecular formula is C22H25NO2P+. The molecule has 0 aliphatic carbocycles. The molecule has 0 amide bonds. The van der Waals surface area contributed by atoms with Crippen LogP contribution in [0.2, 0.25) is 0 Å². The number of benzene rings is 3. The molecule has 2 atom stereocenters. The fourth-order valence-electron chi connectivity index (χ4n) is 3.12. The van der Waals surface area contributed by atoms with Crippen molar-refractivity contribution in [2.45, 2.75) is 18.7 Å². The SMILES string of the molecule is O=P(O)(CCc1ccccc1)[C@H]([NH2+]Cc1ccccc1)c1ccccc1. The van der Waals surface area contributed by atoms with Crippen LogP contribution in [-0.2, 0) is 17.5 Å². The van der Waals surface area contributed by atoms with E-state index in [0.29, 0.717) is 13.0 Å². The molecule has 3 nitrogen and oxygen atoms in total. The van der Waals surface area contributed by atoms with Gasteiger partial charge in [-0.25, -0.2) is 0 Å². The van der Waals surface area contributed by atoms with Crippen LogP contribution in [0.4, 0.5) is 0 Å². The zero-order valence-corrected chi connectivity index (χ0v) is 15.6. The van der Waals surface area contributed by atoms with Crippen molar-refractivity contribution in [2.24, 2.45) is 0 Å². The van der Waals surface area contributed by atoms with Crippen LogP contribution in [0.15, 0.2) is 91.0 Å². The molecule has 0 fully saturated rings. The number of nitrogens with two attached hydrogens (primary N) is 1. The molecule has 0 bridgehead atoms. The molecule has 4 heteroatoms. The Bertz CT molecular complexity index is 838. The summed E-state index contributed by atoms with van der Waals surface area (Å²) < 4.78 is 13.2. The maximum Gasteiger partial charge on any atom is 0.261 e. The first-order chi connectivity index (χ1) is 12.6. The number of quaternary nitrogens is 1. The Morgan fingerprint density at radius 1 is 0.769 bits per heavy atom. The zero-order valence-electron chi connectivity index (χ0n) is 14.7. The van der Waals surface area contributed by atoms with E-state index in [2.05, 4.69) is 0 Å². The second-order valence-corrected chi connectivity index (χ2v) is 9.01. The molecule has 1 unspecified atom stereocenters. The Labute approximate surface area is 155 Å². The van der Waals surface area contributed by atoms with Crippen LogP contribution in [0.1, 0.15) is 22.5 Å². The Balaban J connectivity index is 1.76. The quantitative estimate of drug-likeness (QED) is 0.593. The normalized spacial score (nSPS) is 14.5. The van der Waals surface area contributed by atoms with E-state index in [4.69, 9.17) is 0 Å². The number of hydrogen-bond acceptors (Lipinski definition) is 1. The molecular weight excluding hydrogens is 341 g/mol. The minimum Gasteiger partial charge on any atom is -0.340 e. The van der Waals surface area contributed by atoms with Gasteiger partial charge in [-0.1, -0.05) is 91.0 Å². The van der Waals surface area contributed by atoms with Crippen LogP contribution in [-0.4, -0.2) is 11.1 Å². The summed E-state index contributed by atoms with van der Waals surface area (Å²) in [5.41, 5.74) is 3.15. The molecule has 3 aromatic carbocycles. The van der Waals surface area contributed by atoms with Crippen LogP contribution in [0.5, 0.6) is 0 Å². The summed E-state index contributed by atoms with van der Waals surface area (Å²) in [6.07, 6.45) is 0.888. The lowest BCUT2D eigenvalue weighted by molar-refractivity contribution is -0.692. The van der Waals surface area contributed by atoms with Crippen molar-refractivity contribution in [1.82, 2.24) is 0 Å². The second kappa shape index (κ2) is 8.95. The number of rotatable bonds is 8. The van der Waals surface area contributed by atoms with Gasteiger partial charge < -0.3 is 10.2 Å². The summed E-state index contributed by atoms with van der Waals surface area (Å²) in [6.45, 7) is 0.677. The van der Waals surface area contributed by atoms with Crippen LogP contribution in [0.3, 0.4) is 0 Å². The van der Waals surface area contributed by atoms with E-state index in [1.807, 2.05) is 96.3 Å². The Hall–Kier alpha value is -2.19. The van der Waals surface area contributed by atoms with E-state index in [1.165, 1.54) is 0 Å². The van der Waals surface area contributed by atoms with E-state index in [9.17, 15) is 9.46 Å². The highest BCUT2D eigenvalue weighted by Crippen LogP contribution is 2.52. The number of aryl methyl sites for hydroxylation is 1. The predicted octanol–water partition coefficient (Wildman–Crippen LogP) is 3.96. The highest BCUT2D eigenvalue weighted by Gasteiger charge is 2.35. The monoisotopic (exact) mass is 366 g/mol. The highest BCUT2D eigenvalue weighted by molar-refractivity contribution is 7.58. The number of hydrogen-bond donors (Lipinski definition) is 2. The third-order valence-corrected chi connectivity index (χ3v) is 6.80. The van der Waals surface area contributed by atoms with E-state index < -0.39 is 13.2 Å².